The highest BCUT2D eigenvalue weighted by molar-refractivity contribution is 5.32. The van der Waals surface area contributed by atoms with Gasteiger partial charge in [-0.05, 0) is 31.4 Å². The fraction of sp³-hybridized carbons (Fsp3) is 0.588. The fourth-order valence-electron chi connectivity index (χ4n) is 3.77. The molecular weight excluding hydrogens is 267 g/mol. The maximum absolute atomic E-state index is 14.0. The third-order valence-corrected chi connectivity index (χ3v) is 5.09. The van der Waals surface area contributed by atoms with Gasteiger partial charge in [-0.15, -0.1) is 0 Å². The molecule has 2 aliphatic rings. The minimum Gasteiger partial charge on any atom is -0.390 e. The molecule has 1 saturated carbocycles. The monoisotopic (exact) mass is 288 g/mol. The van der Waals surface area contributed by atoms with Gasteiger partial charge >= 0.3 is 0 Å². The molecule has 2 fully saturated rings. The predicted octanol–water partition coefficient (Wildman–Crippen LogP) is 2.82. The summed E-state index contributed by atoms with van der Waals surface area (Å²) in [5, 5.41) is 19.4. The quantitative estimate of drug-likeness (QED) is 0.910. The van der Waals surface area contributed by atoms with Crippen LogP contribution in [0.25, 0.3) is 0 Å². The number of benzene rings is 1. The summed E-state index contributed by atoms with van der Waals surface area (Å²) in [4.78, 5) is 2.23. The molecule has 1 aromatic rings. The molecule has 1 aliphatic carbocycles. The second-order valence-corrected chi connectivity index (χ2v) is 6.45. The standard InChI is InChI=1S/C17H21FN2O/c18-16-9-13(10-19)4-5-14(16)11-20-8-7-17(21)6-2-1-3-15(17)12-20/h4-5,9,15,21H,1-3,6-8,11-12H2. The van der Waals surface area contributed by atoms with Crippen molar-refractivity contribution in [1.29, 1.82) is 5.26 Å². The van der Waals surface area contributed by atoms with Crippen molar-refractivity contribution in [3.05, 3.63) is 35.1 Å². The van der Waals surface area contributed by atoms with Crippen LogP contribution in [-0.4, -0.2) is 28.7 Å². The van der Waals surface area contributed by atoms with Gasteiger partial charge in [-0.3, -0.25) is 4.90 Å². The Bertz CT molecular complexity index is 568. The molecule has 21 heavy (non-hydrogen) atoms. The third-order valence-electron chi connectivity index (χ3n) is 5.09. The summed E-state index contributed by atoms with van der Waals surface area (Å²) in [5.41, 5.74) is 0.504. The molecule has 3 rings (SSSR count). The molecule has 1 aromatic carbocycles. The summed E-state index contributed by atoms with van der Waals surface area (Å²) < 4.78 is 14.0. The molecule has 1 N–H and O–H groups in total. The van der Waals surface area contributed by atoms with E-state index in [1.807, 2.05) is 6.07 Å². The van der Waals surface area contributed by atoms with Gasteiger partial charge in [-0.2, -0.15) is 5.26 Å². The second kappa shape index (κ2) is 5.75. The van der Waals surface area contributed by atoms with Gasteiger partial charge in [-0.25, -0.2) is 4.39 Å². The summed E-state index contributed by atoms with van der Waals surface area (Å²) in [7, 11) is 0. The van der Waals surface area contributed by atoms with Gasteiger partial charge in [0.25, 0.3) is 0 Å². The van der Waals surface area contributed by atoms with Crippen molar-refractivity contribution in [2.45, 2.75) is 44.2 Å². The van der Waals surface area contributed by atoms with Crippen molar-refractivity contribution < 1.29 is 9.50 Å². The van der Waals surface area contributed by atoms with E-state index in [2.05, 4.69) is 4.90 Å². The first kappa shape index (κ1) is 14.5. The molecule has 1 aliphatic heterocycles. The van der Waals surface area contributed by atoms with E-state index in [0.717, 1.165) is 38.8 Å². The Morgan fingerprint density at radius 3 is 3.00 bits per heavy atom. The largest absolute Gasteiger partial charge is 0.390 e. The van der Waals surface area contributed by atoms with Gasteiger partial charge in [0, 0.05) is 31.1 Å². The molecule has 0 radical (unpaired) electrons. The highest BCUT2D eigenvalue weighted by atomic mass is 19.1. The van der Waals surface area contributed by atoms with E-state index in [1.165, 1.54) is 12.5 Å². The zero-order valence-corrected chi connectivity index (χ0v) is 12.2. The highest BCUT2D eigenvalue weighted by Crippen LogP contribution is 2.40. The number of nitrogens with zero attached hydrogens (tertiary/aromatic N) is 2. The molecule has 0 bridgehead atoms. The lowest BCUT2D eigenvalue weighted by atomic mass is 9.71. The van der Waals surface area contributed by atoms with E-state index in [-0.39, 0.29) is 5.82 Å². The van der Waals surface area contributed by atoms with Crippen molar-refractivity contribution >= 4 is 0 Å². The Hall–Kier alpha value is -1.44. The number of hydrogen-bond acceptors (Lipinski definition) is 3. The maximum atomic E-state index is 14.0. The Morgan fingerprint density at radius 1 is 1.38 bits per heavy atom. The summed E-state index contributed by atoms with van der Waals surface area (Å²) in [6.07, 6.45) is 5.08. The van der Waals surface area contributed by atoms with Gasteiger partial charge in [0.15, 0.2) is 0 Å². The zero-order valence-electron chi connectivity index (χ0n) is 12.2. The van der Waals surface area contributed by atoms with Gasteiger partial charge in [-0.1, -0.05) is 18.9 Å². The molecule has 1 saturated heterocycles. The van der Waals surface area contributed by atoms with Crippen molar-refractivity contribution in [2.75, 3.05) is 13.1 Å². The number of piperidine rings is 1. The molecular formula is C17H21FN2O. The normalized spacial score (nSPS) is 29.7. The summed E-state index contributed by atoms with van der Waals surface area (Å²) >= 11 is 0. The first-order valence-electron chi connectivity index (χ1n) is 7.74. The topological polar surface area (TPSA) is 47.3 Å². The SMILES string of the molecule is N#Cc1ccc(CN2CCC3(O)CCCCC3C2)c(F)c1. The molecule has 0 amide bonds. The number of nitriles is 1. The molecule has 3 nitrogen and oxygen atoms in total. The van der Waals surface area contributed by atoms with Crippen LogP contribution < -0.4 is 0 Å². The number of fused-ring (bicyclic) bond motifs is 1. The van der Waals surface area contributed by atoms with E-state index < -0.39 is 5.60 Å². The average Bonchev–Trinajstić information content (AvgIpc) is 2.49. The molecule has 2 unspecified atom stereocenters. The lowest BCUT2D eigenvalue weighted by Gasteiger charge is -2.47. The van der Waals surface area contributed by atoms with Gasteiger partial charge < -0.3 is 5.11 Å². The van der Waals surface area contributed by atoms with Crippen LogP contribution in [0.4, 0.5) is 4.39 Å². The van der Waals surface area contributed by atoms with Gasteiger partial charge in [0.1, 0.15) is 5.82 Å². The molecule has 2 atom stereocenters. The minimum atomic E-state index is -0.488. The summed E-state index contributed by atoms with van der Waals surface area (Å²) in [6.45, 7) is 2.21. The first-order chi connectivity index (χ1) is 10.1. The number of hydrogen-bond donors (Lipinski definition) is 1. The van der Waals surface area contributed by atoms with E-state index in [1.54, 1.807) is 12.1 Å². The fourth-order valence-corrected chi connectivity index (χ4v) is 3.77. The maximum Gasteiger partial charge on any atom is 0.129 e. The first-order valence-corrected chi connectivity index (χ1v) is 7.74. The average molecular weight is 288 g/mol. The second-order valence-electron chi connectivity index (χ2n) is 6.45. The van der Waals surface area contributed by atoms with Crippen LogP contribution in [0.2, 0.25) is 0 Å². The summed E-state index contributed by atoms with van der Waals surface area (Å²) in [6, 6.07) is 6.63. The van der Waals surface area contributed by atoms with Crippen molar-refractivity contribution in [3.63, 3.8) is 0 Å². The molecule has 1 heterocycles. The minimum absolute atomic E-state index is 0.307. The van der Waals surface area contributed by atoms with Crippen LogP contribution >= 0.6 is 0 Å². The van der Waals surface area contributed by atoms with Crippen molar-refractivity contribution in [1.82, 2.24) is 4.90 Å². The van der Waals surface area contributed by atoms with Gasteiger partial charge in [0.05, 0.1) is 17.2 Å². The number of rotatable bonds is 2. The van der Waals surface area contributed by atoms with E-state index in [9.17, 15) is 9.50 Å². The lowest BCUT2D eigenvalue weighted by molar-refractivity contribution is -0.0968. The van der Waals surface area contributed by atoms with Crippen LogP contribution in [-0.2, 0) is 6.54 Å². The Kier molecular flexibility index (Phi) is 3.97. The zero-order chi connectivity index (χ0) is 14.9. The number of likely N-dealkylation sites (tertiary alicyclic amines) is 1. The van der Waals surface area contributed by atoms with Gasteiger partial charge in [0.2, 0.25) is 0 Å². The van der Waals surface area contributed by atoms with Crippen molar-refractivity contribution in [3.8, 4) is 6.07 Å². The molecule has 0 aromatic heterocycles. The smallest absolute Gasteiger partial charge is 0.129 e. The Morgan fingerprint density at radius 2 is 2.24 bits per heavy atom. The molecule has 4 heteroatoms. The van der Waals surface area contributed by atoms with E-state index in [0.29, 0.717) is 23.6 Å². The lowest BCUT2D eigenvalue weighted by Crippen LogP contribution is -2.53. The van der Waals surface area contributed by atoms with Crippen LogP contribution in [0.15, 0.2) is 18.2 Å². The highest BCUT2D eigenvalue weighted by Gasteiger charge is 2.42. The summed E-state index contributed by atoms with van der Waals surface area (Å²) in [5.74, 6) is 0.0139. The molecule has 0 spiro atoms. The molecule has 112 valence electrons. The predicted molar refractivity (Wildman–Crippen MR) is 77.9 cm³/mol. The van der Waals surface area contributed by atoms with Crippen LogP contribution in [0.1, 0.15) is 43.2 Å². The van der Waals surface area contributed by atoms with Crippen LogP contribution in [0.5, 0.6) is 0 Å². The third kappa shape index (κ3) is 2.95. The van der Waals surface area contributed by atoms with Crippen molar-refractivity contribution in [2.24, 2.45) is 5.92 Å². The van der Waals surface area contributed by atoms with Crippen LogP contribution in [0, 0.1) is 23.1 Å². The Labute approximate surface area is 125 Å². The number of aliphatic hydroxyl groups is 1. The van der Waals surface area contributed by atoms with Crippen LogP contribution in [0.3, 0.4) is 0 Å². The van der Waals surface area contributed by atoms with E-state index >= 15 is 0 Å². The van der Waals surface area contributed by atoms with E-state index in [4.69, 9.17) is 5.26 Å². The number of halogens is 1. The Balaban J connectivity index is 1.68.